The van der Waals surface area contributed by atoms with Gasteiger partial charge in [-0.15, -0.1) is 0 Å². The lowest BCUT2D eigenvalue weighted by atomic mass is 10.3. The van der Waals surface area contributed by atoms with Gasteiger partial charge in [-0.05, 0) is 26.7 Å². The highest BCUT2D eigenvalue weighted by molar-refractivity contribution is 5.09. The van der Waals surface area contributed by atoms with Crippen LogP contribution >= 0.6 is 0 Å². The first-order valence-electron chi connectivity index (χ1n) is 5.68. The molecule has 18 heavy (non-hydrogen) atoms. The van der Waals surface area contributed by atoms with Gasteiger partial charge in [0.25, 0.3) is 5.56 Å². The molecule has 1 aromatic rings. The van der Waals surface area contributed by atoms with Crippen molar-refractivity contribution in [2.75, 3.05) is 0 Å². The van der Waals surface area contributed by atoms with E-state index in [1.165, 1.54) is 13.8 Å². The van der Waals surface area contributed by atoms with Crippen molar-refractivity contribution in [1.82, 2.24) is 9.13 Å². The van der Waals surface area contributed by atoms with Crippen LogP contribution in [0.4, 0.5) is 13.2 Å². The Morgan fingerprint density at radius 1 is 1.28 bits per heavy atom. The molecule has 100 valence electrons. The smallest absolute Gasteiger partial charge is 0.286 e. The maximum absolute atomic E-state index is 12.8. The van der Waals surface area contributed by atoms with E-state index in [1.54, 1.807) is 0 Å². The molecule has 0 aromatic carbocycles. The zero-order chi connectivity index (χ0) is 13.7. The molecule has 0 unspecified atom stereocenters. The number of rotatable bonds is 2. The zero-order valence-corrected chi connectivity index (χ0v) is 9.99. The van der Waals surface area contributed by atoms with Crippen molar-refractivity contribution in [3.8, 4) is 0 Å². The van der Waals surface area contributed by atoms with E-state index < -0.39 is 29.2 Å². The molecule has 7 heteroatoms. The van der Waals surface area contributed by atoms with Gasteiger partial charge in [0.2, 0.25) is 0 Å². The molecule has 1 heterocycles. The summed E-state index contributed by atoms with van der Waals surface area (Å²) in [6, 6.07) is -0.378. The first-order valence-corrected chi connectivity index (χ1v) is 5.68. The molecule has 0 spiro atoms. The molecule has 1 saturated carbocycles. The summed E-state index contributed by atoms with van der Waals surface area (Å²) in [5.74, 6) is 0. The van der Waals surface area contributed by atoms with Crippen LogP contribution in [-0.4, -0.2) is 9.13 Å². The fraction of sp³-hybridized carbons (Fsp3) is 0.636. The Bertz CT molecular complexity index is 579. The van der Waals surface area contributed by atoms with Gasteiger partial charge in [0.15, 0.2) is 0 Å². The summed E-state index contributed by atoms with van der Waals surface area (Å²) in [6.07, 6.45) is -3.37. The Morgan fingerprint density at radius 2 is 1.83 bits per heavy atom. The second-order valence-electron chi connectivity index (χ2n) is 4.71. The van der Waals surface area contributed by atoms with Crippen molar-refractivity contribution in [2.45, 2.75) is 44.9 Å². The SMILES string of the molecule is CC(C)n1c(C(F)(F)F)cc(=O)n(C2CC2)c1=O. The molecule has 0 atom stereocenters. The Labute approximate surface area is 101 Å². The van der Waals surface area contributed by atoms with E-state index >= 15 is 0 Å². The van der Waals surface area contributed by atoms with E-state index in [2.05, 4.69) is 0 Å². The molecular weight excluding hydrogens is 249 g/mol. The fourth-order valence-electron chi connectivity index (χ4n) is 1.96. The number of alkyl halides is 3. The molecule has 4 nitrogen and oxygen atoms in total. The van der Waals surface area contributed by atoms with Gasteiger partial charge in [-0.2, -0.15) is 13.2 Å². The standard InChI is InChI=1S/C11H13F3N2O2/c1-6(2)15-8(11(12,13)14)5-9(17)16(10(15)18)7-3-4-7/h5-7H,3-4H2,1-2H3. The highest BCUT2D eigenvalue weighted by atomic mass is 19.4. The predicted octanol–water partition coefficient (Wildman–Crippen LogP) is 1.94. The maximum Gasteiger partial charge on any atom is 0.431 e. The molecule has 0 N–H and O–H groups in total. The maximum atomic E-state index is 12.8. The van der Waals surface area contributed by atoms with Crippen molar-refractivity contribution in [2.24, 2.45) is 0 Å². The first kappa shape index (κ1) is 12.9. The quantitative estimate of drug-likeness (QED) is 0.817. The van der Waals surface area contributed by atoms with Crippen LogP contribution in [0, 0.1) is 0 Å². The summed E-state index contributed by atoms with van der Waals surface area (Å²) in [6.45, 7) is 2.97. The van der Waals surface area contributed by atoms with Crippen LogP contribution in [0.5, 0.6) is 0 Å². The van der Waals surface area contributed by atoms with Gasteiger partial charge in [0.1, 0.15) is 5.69 Å². The minimum atomic E-state index is -4.70. The van der Waals surface area contributed by atoms with E-state index in [0.717, 1.165) is 4.57 Å². The number of nitrogens with zero attached hydrogens (tertiary/aromatic N) is 2. The van der Waals surface area contributed by atoms with Gasteiger partial charge in [-0.3, -0.25) is 13.9 Å². The molecule has 0 radical (unpaired) electrons. The molecule has 0 bridgehead atoms. The molecule has 0 aliphatic heterocycles. The average Bonchev–Trinajstić information content (AvgIpc) is 2.98. The zero-order valence-electron chi connectivity index (χ0n) is 9.99. The predicted molar refractivity (Wildman–Crippen MR) is 58.6 cm³/mol. The minimum absolute atomic E-state index is 0.239. The Hall–Kier alpha value is -1.53. The monoisotopic (exact) mass is 262 g/mol. The average molecular weight is 262 g/mol. The van der Waals surface area contributed by atoms with Gasteiger partial charge in [0.05, 0.1) is 0 Å². The normalized spacial score (nSPS) is 16.3. The minimum Gasteiger partial charge on any atom is -0.286 e. The van der Waals surface area contributed by atoms with Crippen molar-refractivity contribution < 1.29 is 13.2 Å². The van der Waals surface area contributed by atoms with Gasteiger partial charge in [0, 0.05) is 18.2 Å². The molecule has 0 amide bonds. The second kappa shape index (κ2) is 4.00. The number of hydrogen-bond acceptors (Lipinski definition) is 2. The molecular formula is C11H13F3N2O2. The van der Waals surface area contributed by atoms with Crippen LogP contribution < -0.4 is 11.2 Å². The summed E-state index contributed by atoms with van der Waals surface area (Å²) in [5.41, 5.74) is -2.91. The van der Waals surface area contributed by atoms with E-state index in [1.807, 2.05) is 0 Å². The fourth-order valence-corrected chi connectivity index (χ4v) is 1.96. The Kier molecular flexibility index (Phi) is 2.87. The van der Waals surface area contributed by atoms with E-state index in [0.29, 0.717) is 23.5 Å². The number of aromatic nitrogens is 2. The lowest BCUT2D eigenvalue weighted by Gasteiger charge is -2.19. The molecule has 0 saturated heterocycles. The lowest BCUT2D eigenvalue weighted by Crippen LogP contribution is -2.43. The van der Waals surface area contributed by atoms with Crippen LogP contribution in [-0.2, 0) is 6.18 Å². The van der Waals surface area contributed by atoms with Crippen molar-refractivity contribution >= 4 is 0 Å². The van der Waals surface area contributed by atoms with Crippen molar-refractivity contribution in [3.05, 3.63) is 32.6 Å². The summed E-state index contributed by atoms with van der Waals surface area (Å²) in [4.78, 5) is 23.6. The highest BCUT2D eigenvalue weighted by Gasteiger charge is 2.38. The number of halogens is 3. The molecule has 1 fully saturated rings. The van der Waals surface area contributed by atoms with Gasteiger partial charge < -0.3 is 0 Å². The third-order valence-corrected chi connectivity index (χ3v) is 2.89. The summed E-state index contributed by atoms with van der Waals surface area (Å²) in [5, 5.41) is 0. The van der Waals surface area contributed by atoms with Crippen LogP contribution in [0.3, 0.4) is 0 Å². The summed E-state index contributed by atoms with van der Waals surface area (Å²) >= 11 is 0. The van der Waals surface area contributed by atoms with Gasteiger partial charge >= 0.3 is 11.9 Å². The molecule has 2 rings (SSSR count). The third kappa shape index (κ3) is 2.09. The molecule has 1 aliphatic rings. The molecule has 1 aliphatic carbocycles. The highest BCUT2D eigenvalue weighted by Crippen LogP contribution is 2.33. The Morgan fingerprint density at radius 3 is 2.22 bits per heavy atom. The van der Waals surface area contributed by atoms with Crippen LogP contribution in [0.15, 0.2) is 15.7 Å². The van der Waals surface area contributed by atoms with Crippen LogP contribution in [0.2, 0.25) is 0 Å². The van der Waals surface area contributed by atoms with Crippen molar-refractivity contribution in [3.63, 3.8) is 0 Å². The van der Waals surface area contributed by atoms with Crippen LogP contribution in [0.1, 0.15) is 44.5 Å². The van der Waals surface area contributed by atoms with E-state index in [9.17, 15) is 22.8 Å². The third-order valence-electron chi connectivity index (χ3n) is 2.89. The summed E-state index contributed by atoms with van der Waals surface area (Å²) in [7, 11) is 0. The Balaban J connectivity index is 2.77. The number of hydrogen-bond donors (Lipinski definition) is 0. The lowest BCUT2D eigenvalue weighted by molar-refractivity contribution is -0.145. The largest absolute Gasteiger partial charge is 0.431 e. The topological polar surface area (TPSA) is 44.0 Å². The van der Waals surface area contributed by atoms with Crippen LogP contribution in [0.25, 0.3) is 0 Å². The molecule has 1 aromatic heterocycles. The van der Waals surface area contributed by atoms with Gasteiger partial charge in [-0.25, -0.2) is 4.79 Å². The second-order valence-corrected chi connectivity index (χ2v) is 4.71. The van der Waals surface area contributed by atoms with E-state index in [4.69, 9.17) is 0 Å². The van der Waals surface area contributed by atoms with Gasteiger partial charge in [-0.1, -0.05) is 0 Å². The summed E-state index contributed by atoms with van der Waals surface area (Å²) < 4.78 is 40.0. The van der Waals surface area contributed by atoms with E-state index in [-0.39, 0.29) is 6.04 Å². The van der Waals surface area contributed by atoms with Crippen molar-refractivity contribution in [1.29, 1.82) is 0 Å². The first-order chi connectivity index (χ1) is 8.23.